The Balaban J connectivity index is 1.31. The summed E-state index contributed by atoms with van der Waals surface area (Å²) in [5, 5.41) is 9.58. The highest BCUT2D eigenvalue weighted by atomic mass is 35.5. The van der Waals surface area contributed by atoms with Crippen molar-refractivity contribution in [1.82, 2.24) is 15.1 Å². The summed E-state index contributed by atoms with van der Waals surface area (Å²) in [6.07, 6.45) is 2.61. The lowest BCUT2D eigenvalue weighted by Gasteiger charge is -2.37. The normalized spacial score (nSPS) is 16.1. The number of benzene rings is 2. The number of sulfonamides is 1. The number of hydrogen-bond donors (Lipinski definition) is 1. The van der Waals surface area contributed by atoms with Crippen LogP contribution in [0, 0.1) is 0 Å². The first kappa shape index (κ1) is 24.0. The Morgan fingerprint density at radius 1 is 1.14 bits per heavy atom. The molecule has 5 rings (SSSR count). The van der Waals surface area contributed by atoms with E-state index in [4.69, 9.17) is 11.6 Å². The van der Waals surface area contributed by atoms with Gasteiger partial charge in [0.25, 0.3) is 10.0 Å². The number of carbonyl (C=O) groups excluding carboxylic acids is 1. The second kappa shape index (κ2) is 9.40. The van der Waals surface area contributed by atoms with Crippen LogP contribution in [-0.4, -0.2) is 42.0 Å². The molecular weight excluding hydrogens is 506 g/mol. The standard InChI is InChI=1S/C24H26ClN5O3S2/c1-3-22-26-27-24(34-22)28-35(32,33)20-8-6-17-13-29(14-18(17)12-20)23(31)15(2)30-10-4-5-16-11-19(25)7-9-21(16)30/h6-9,11-12,15H,3-5,10,13-14H2,1-2H3,(H,27,28). The third kappa shape index (κ3) is 4.74. The number of hydrogen-bond acceptors (Lipinski definition) is 7. The predicted molar refractivity (Wildman–Crippen MR) is 137 cm³/mol. The van der Waals surface area contributed by atoms with Crippen molar-refractivity contribution in [2.75, 3.05) is 16.2 Å². The Kier molecular flexibility index (Phi) is 6.45. The van der Waals surface area contributed by atoms with Crippen LogP contribution in [-0.2, 0) is 40.7 Å². The number of anilines is 2. The van der Waals surface area contributed by atoms with E-state index in [-0.39, 0.29) is 22.0 Å². The largest absolute Gasteiger partial charge is 0.360 e. The lowest BCUT2D eigenvalue weighted by atomic mass is 10.00. The summed E-state index contributed by atoms with van der Waals surface area (Å²) in [6.45, 7) is 5.52. The van der Waals surface area contributed by atoms with Gasteiger partial charge in [-0.3, -0.25) is 9.52 Å². The number of nitrogens with one attached hydrogen (secondary N) is 1. The molecule has 1 aromatic heterocycles. The summed E-state index contributed by atoms with van der Waals surface area (Å²) >= 11 is 7.39. The van der Waals surface area contributed by atoms with Crippen LogP contribution in [0.1, 0.15) is 42.0 Å². The van der Waals surface area contributed by atoms with Crippen molar-refractivity contribution < 1.29 is 13.2 Å². The molecule has 0 saturated heterocycles. The predicted octanol–water partition coefficient (Wildman–Crippen LogP) is 4.24. The molecule has 0 spiro atoms. The van der Waals surface area contributed by atoms with E-state index in [1.165, 1.54) is 11.3 Å². The van der Waals surface area contributed by atoms with E-state index in [9.17, 15) is 13.2 Å². The molecule has 184 valence electrons. The quantitative estimate of drug-likeness (QED) is 0.511. The Morgan fingerprint density at radius 3 is 2.71 bits per heavy atom. The van der Waals surface area contributed by atoms with E-state index in [1.807, 2.05) is 32.0 Å². The fraction of sp³-hybridized carbons (Fsp3) is 0.375. The Labute approximate surface area is 214 Å². The summed E-state index contributed by atoms with van der Waals surface area (Å²) in [7, 11) is -3.80. The van der Waals surface area contributed by atoms with Crippen LogP contribution in [0.25, 0.3) is 0 Å². The number of aryl methyl sites for hydroxylation is 2. The average Bonchev–Trinajstić information content (AvgIpc) is 3.48. The molecule has 35 heavy (non-hydrogen) atoms. The van der Waals surface area contributed by atoms with E-state index >= 15 is 0 Å². The Hall–Kier alpha value is -2.69. The van der Waals surface area contributed by atoms with Gasteiger partial charge in [-0.05, 0) is 73.2 Å². The summed E-state index contributed by atoms with van der Waals surface area (Å²) in [4.78, 5) is 17.5. The van der Waals surface area contributed by atoms with Crippen molar-refractivity contribution in [2.45, 2.75) is 57.1 Å². The van der Waals surface area contributed by atoms with Crippen molar-refractivity contribution >= 4 is 49.7 Å². The van der Waals surface area contributed by atoms with Gasteiger partial charge in [0.05, 0.1) is 4.90 Å². The molecule has 0 radical (unpaired) electrons. The van der Waals surface area contributed by atoms with Gasteiger partial charge in [0.1, 0.15) is 11.0 Å². The van der Waals surface area contributed by atoms with Crippen LogP contribution in [0.2, 0.25) is 5.02 Å². The fourth-order valence-corrected chi connectivity index (χ4v) is 6.85. The Morgan fingerprint density at radius 2 is 1.94 bits per heavy atom. The molecule has 2 aliphatic heterocycles. The minimum absolute atomic E-state index is 0.0208. The molecule has 1 amide bonds. The van der Waals surface area contributed by atoms with Crippen molar-refractivity contribution in [1.29, 1.82) is 0 Å². The van der Waals surface area contributed by atoms with Crippen LogP contribution >= 0.6 is 22.9 Å². The van der Waals surface area contributed by atoms with Crippen LogP contribution in [0.5, 0.6) is 0 Å². The first-order valence-corrected chi connectivity index (χ1v) is 14.2. The van der Waals surface area contributed by atoms with Gasteiger partial charge < -0.3 is 9.80 Å². The second-order valence-electron chi connectivity index (χ2n) is 8.83. The maximum Gasteiger partial charge on any atom is 0.263 e. The molecule has 11 heteroatoms. The van der Waals surface area contributed by atoms with E-state index in [0.717, 1.165) is 46.8 Å². The first-order chi connectivity index (χ1) is 16.7. The maximum atomic E-state index is 13.5. The number of rotatable bonds is 6. The zero-order chi connectivity index (χ0) is 24.7. The maximum absolute atomic E-state index is 13.5. The zero-order valence-electron chi connectivity index (χ0n) is 19.5. The van der Waals surface area contributed by atoms with Crippen LogP contribution in [0.15, 0.2) is 41.3 Å². The van der Waals surface area contributed by atoms with E-state index in [2.05, 4.69) is 19.8 Å². The SMILES string of the molecule is CCc1nnc(NS(=O)(=O)c2ccc3c(c2)CN(C(=O)C(C)N2CCCc4cc(Cl)ccc42)C3)s1. The van der Waals surface area contributed by atoms with Gasteiger partial charge in [-0.25, -0.2) is 8.42 Å². The zero-order valence-corrected chi connectivity index (χ0v) is 21.9. The van der Waals surface area contributed by atoms with E-state index in [0.29, 0.717) is 24.5 Å². The number of fused-ring (bicyclic) bond motifs is 2. The highest BCUT2D eigenvalue weighted by molar-refractivity contribution is 7.93. The second-order valence-corrected chi connectivity index (χ2v) is 12.0. The van der Waals surface area contributed by atoms with Crippen molar-refractivity contribution in [3.8, 4) is 0 Å². The van der Waals surface area contributed by atoms with Gasteiger partial charge in [-0.15, -0.1) is 10.2 Å². The number of amides is 1. The van der Waals surface area contributed by atoms with Gasteiger partial charge in [-0.1, -0.05) is 35.9 Å². The number of nitrogens with zero attached hydrogens (tertiary/aromatic N) is 4. The Bertz CT molecular complexity index is 1390. The third-order valence-corrected chi connectivity index (χ3v) is 9.22. The van der Waals surface area contributed by atoms with E-state index < -0.39 is 10.0 Å². The smallest absolute Gasteiger partial charge is 0.263 e. The molecule has 0 saturated carbocycles. The van der Waals surface area contributed by atoms with Gasteiger partial charge in [-0.2, -0.15) is 0 Å². The molecule has 0 bridgehead atoms. The summed E-state index contributed by atoms with van der Waals surface area (Å²) in [5.74, 6) is 0.0208. The summed E-state index contributed by atoms with van der Waals surface area (Å²) < 4.78 is 28.3. The van der Waals surface area contributed by atoms with Crippen LogP contribution in [0.3, 0.4) is 0 Å². The lowest BCUT2D eigenvalue weighted by Crippen LogP contribution is -2.47. The van der Waals surface area contributed by atoms with E-state index in [1.54, 1.807) is 23.1 Å². The minimum Gasteiger partial charge on any atom is -0.360 e. The molecular formula is C24H26ClN5O3S2. The highest BCUT2D eigenvalue weighted by Crippen LogP contribution is 2.33. The van der Waals surface area contributed by atoms with Gasteiger partial charge in [0.15, 0.2) is 0 Å². The molecule has 0 aliphatic carbocycles. The summed E-state index contributed by atoms with van der Waals surface area (Å²) in [6, 6.07) is 10.5. The highest BCUT2D eigenvalue weighted by Gasteiger charge is 2.33. The van der Waals surface area contributed by atoms with Crippen molar-refractivity contribution in [3.05, 3.63) is 63.1 Å². The van der Waals surface area contributed by atoms with Crippen LogP contribution in [0.4, 0.5) is 10.8 Å². The molecule has 3 heterocycles. The summed E-state index contributed by atoms with van der Waals surface area (Å²) in [5.41, 5.74) is 4.02. The van der Waals surface area contributed by atoms with Gasteiger partial charge in [0.2, 0.25) is 11.0 Å². The average molecular weight is 532 g/mol. The molecule has 2 aliphatic rings. The first-order valence-electron chi connectivity index (χ1n) is 11.6. The minimum atomic E-state index is -3.80. The van der Waals surface area contributed by atoms with Crippen LogP contribution < -0.4 is 9.62 Å². The molecule has 0 fully saturated rings. The molecule has 1 atom stereocenters. The van der Waals surface area contributed by atoms with Gasteiger partial charge in [0, 0.05) is 30.3 Å². The molecule has 1 unspecified atom stereocenters. The number of halogens is 1. The molecule has 1 N–H and O–H groups in total. The monoisotopic (exact) mass is 531 g/mol. The van der Waals surface area contributed by atoms with Crippen molar-refractivity contribution in [3.63, 3.8) is 0 Å². The molecule has 2 aromatic carbocycles. The lowest BCUT2D eigenvalue weighted by molar-refractivity contribution is -0.132. The third-order valence-electron chi connectivity index (χ3n) is 6.53. The number of aromatic nitrogens is 2. The fourth-order valence-electron chi connectivity index (χ4n) is 4.70. The molecule has 3 aromatic rings. The van der Waals surface area contributed by atoms with Crippen molar-refractivity contribution in [2.24, 2.45) is 0 Å². The topological polar surface area (TPSA) is 95.5 Å². The number of carbonyl (C=O) groups is 1. The molecule has 8 nitrogen and oxygen atoms in total. The van der Waals surface area contributed by atoms with Gasteiger partial charge >= 0.3 is 0 Å².